The average Bonchev–Trinajstić information content (AvgIpc) is 2.44. The third-order valence-corrected chi connectivity index (χ3v) is 3.52. The molecule has 0 amide bonds. The summed E-state index contributed by atoms with van der Waals surface area (Å²) >= 11 is 0. The number of carbonyl (C=O) groups is 1. The van der Waals surface area contributed by atoms with Crippen LogP contribution in [-0.4, -0.2) is 12.6 Å². The fourth-order valence-corrected chi connectivity index (χ4v) is 2.61. The normalized spacial score (nSPS) is 11.9. The van der Waals surface area contributed by atoms with Gasteiger partial charge in [0.2, 0.25) is 0 Å². The molecule has 1 unspecified atom stereocenters. The highest BCUT2D eigenvalue weighted by Gasteiger charge is 2.27. The number of anilines is 2. The predicted octanol–water partition coefficient (Wildman–Crippen LogP) is 3.88. The number of aryl methyl sites for hydroxylation is 2. The molecule has 2 aromatic rings. The number of halogens is 2. The van der Waals surface area contributed by atoms with Gasteiger partial charge >= 0.3 is 5.97 Å². The summed E-state index contributed by atoms with van der Waals surface area (Å²) in [7, 11) is 0. The van der Waals surface area contributed by atoms with Crippen molar-refractivity contribution >= 4 is 17.3 Å². The lowest BCUT2D eigenvalue weighted by molar-refractivity contribution is -0.144. The largest absolute Gasteiger partial charge is 0.464 e. The lowest BCUT2D eigenvalue weighted by Crippen LogP contribution is -2.25. The van der Waals surface area contributed by atoms with Crippen LogP contribution in [0.5, 0.6) is 0 Å². The highest BCUT2D eigenvalue weighted by atomic mass is 19.1. The highest BCUT2D eigenvalue weighted by molar-refractivity contribution is 5.82. The highest BCUT2D eigenvalue weighted by Crippen LogP contribution is 2.29. The van der Waals surface area contributed by atoms with E-state index in [4.69, 9.17) is 10.5 Å². The van der Waals surface area contributed by atoms with Crippen molar-refractivity contribution in [3.63, 3.8) is 0 Å². The van der Waals surface area contributed by atoms with Gasteiger partial charge in [0.25, 0.3) is 0 Å². The first-order chi connectivity index (χ1) is 11.3. The van der Waals surface area contributed by atoms with E-state index in [-0.39, 0.29) is 17.9 Å². The predicted molar refractivity (Wildman–Crippen MR) is 89.7 cm³/mol. The Morgan fingerprint density at radius 1 is 1.21 bits per heavy atom. The van der Waals surface area contributed by atoms with Crippen LogP contribution in [-0.2, 0) is 9.53 Å². The van der Waals surface area contributed by atoms with Crippen LogP contribution < -0.4 is 11.1 Å². The van der Waals surface area contributed by atoms with Crippen LogP contribution >= 0.6 is 0 Å². The van der Waals surface area contributed by atoms with Gasteiger partial charge in [-0.2, -0.15) is 0 Å². The minimum atomic E-state index is -1.10. The first-order valence-corrected chi connectivity index (χ1v) is 7.57. The number of nitrogen functional groups attached to an aromatic ring is 1. The fraction of sp³-hybridized carbons (Fsp3) is 0.278. The number of hydrogen-bond acceptors (Lipinski definition) is 4. The molecule has 0 radical (unpaired) electrons. The Morgan fingerprint density at radius 2 is 1.92 bits per heavy atom. The van der Waals surface area contributed by atoms with Crippen molar-refractivity contribution in [1.82, 2.24) is 0 Å². The minimum absolute atomic E-state index is 0.129. The van der Waals surface area contributed by atoms with Crippen molar-refractivity contribution in [2.24, 2.45) is 0 Å². The number of esters is 1. The SMILES string of the molecule is CCOC(=O)C(Nc1cc(C)cc(F)c1)c1c(C)cc(N)cc1F. The summed E-state index contributed by atoms with van der Waals surface area (Å²) in [6, 6.07) is 5.88. The number of ether oxygens (including phenoxy) is 1. The van der Waals surface area contributed by atoms with Gasteiger partial charge < -0.3 is 15.8 Å². The molecule has 2 aromatic carbocycles. The first kappa shape index (κ1) is 17.7. The van der Waals surface area contributed by atoms with Gasteiger partial charge in [-0.3, -0.25) is 0 Å². The Bertz CT molecular complexity index is 719. The zero-order valence-electron chi connectivity index (χ0n) is 13.8. The number of hydrogen-bond donors (Lipinski definition) is 2. The van der Waals surface area contributed by atoms with Gasteiger partial charge in [0.05, 0.1) is 6.61 Å². The molecule has 1 atom stereocenters. The Labute approximate surface area is 139 Å². The molecule has 0 aliphatic rings. The van der Waals surface area contributed by atoms with Gasteiger partial charge in [-0.25, -0.2) is 13.6 Å². The minimum Gasteiger partial charge on any atom is -0.464 e. The van der Waals surface area contributed by atoms with Crippen LogP contribution in [0.4, 0.5) is 20.2 Å². The maximum Gasteiger partial charge on any atom is 0.333 e. The Hall–Kier alpha value is -2.63. The maximum atomic E-state index is 14.4. The number of carbonyl (C=O) groups excluding carboxylic acids is 1. The monoisotopic (exact) mass is 334 g/mol. The topological polar surface area (TPSA) is 64.3 Å². The number of benzene rings is 2. The first-order valence-electron chi connectivity index (χ1n) is 7.57. The summed E-state index contributed by atoms with van der Waals surface area (Å²) in [5.41, 5.74) is 7.56. The molecule has 4 nitrogen and oxygen atoms in total. The molecule has 0 saturated heterocycles. The van der Waals surface area contributed by atoms with Gasteiger partial charge in [0.1, 0.15) is 11.6 Å². The molecule has 0 saturated carbocycles. The summed E-state index contributed by atoms with van der Waals surface area (Å²) in [6.45, 7) is 5.19. The second-order valence-corrected chi connectivity index (χ2v) is 5.58. The van der Waals surface area contributed by atoms with Crippen LogP contribution in [0.1, 0.15) is 29.7 Å². The van der Waals surface area contributed by atoms with Crippen molar-refractivity contribution in [1.29, 1.82) is 0 Å². The van der Waals surface area contributed by atoms with E-state index in [0.717, 1.165) is 6.07 Å². The van der Waals surface area contributed by atoms with Gasteiger partial charge in [-0.05, 0) is 62.2 Å². The summed E-state index contributed by atoms with van der Waals surface area (Å²) < 4.78 is 33.1. The van der Waals surface area contributed by atoms with E-state index in [9.17, 15) is 13.6 Å². The molecule has 2 rings (SSSR count). The van der Waals surface area contributed by atoms with E-state index in [1.54, 1.807) is 32.9 Å². The summed E-state index contributed by atoms with van der Waals surface area (Å²) in [5, 5.41) is 2.87. The smallest absolute Gasteiger partial charge is 0.333 e. The van der Waals surface area contributed by atoms with E-state index in [0.29, 0.717) is 16.8 Å². The molecular weight excluding hydrogens is 314 g/mol. The molecule has 0 aromatic heterocycles. The standard InChI is InChI=1S/C18H20F2N2O2/c1-4-24-18(23)17(16-11(3)7-13(21)9-15(16)20)22-14-6-10(2)5-12(19)8-14/h5-9,17,22H,4,21H2,1-3H3. The van der Waals surface area contributed by atoms with E-state index in [1.807, 2.05) is 0 Å². The zero-order chi connectivity index (χ0) is 17.9. The zero-order valence-corrected chi connectivity index (χ0v) is 13.8. The number of nitrogens with two attached hydrogens (primary N) is 1. The Kier molecular flexibility index (Phi) is 5.39. The van der Waals surface area contributed by atoms with Crippen LogP contribution in [0, 0.1) is 25.5 Å². The molecule has 0 aliphatic heterocycles. The molecule has 128 valence electrons. The Balaban J connectivity index is 2.48. The van der Waals surface area contributed by atoms with Gasteiger partial charge in [0.15, 0.2) is 6.04 Å². The number of nitrogens with one attached hydrogen (secondary N) is 1. The molecule has 0 fully saturated rings. The lowest BCUT2D eigenvalue weighted by atomic mass is 9.99. The van der Waals surface area contributed by atoms with Crippen LogP contribution in [0.15, 0.2) is 30.3 Å². The van der Waals surface area contributed by atoms with Gasteiger partial charge in [0, 0.05) is 16.9 Å². The van der Waals surface area contributed by atoms with Crippen molar-refractivity contribution in [3.05, 3.63) is 58.7 Å². The van der Waals surface area contributed by atoms with Crippen LogP contribution in [0.2, 0.25) is 0 Å². The van der Waals surface area contributed by atoms with Crippen LogP contribution in [0.3, 0.4) is 0 Å². The van der Waals surface area contributed by atoms with Crippen molar-refractivity contribution < 1.29 is 18.3 Å². The van der Waals surface area contributed by atoms with Crippen LogP contribution in [0.25, 0.3) is 0 Å². The van der Waals surface area contributed by atoms with E-state index in [1.165, 1.54) is 12.1 Å². The second kappa shape index (κ2) is 7.29. The average molecular weight is 334 g/mol. The number of rotatable bonds is 5. The third-order valence-electron chi connectivity index (χ3n) is 3.52. The second-order valence-electron chi connectivity index (χ2n) is 5.58. The summed E-state index contributed by atoms with van der Waals surface area (Å²) in [6.07, 6.45) is 0. The maximum absolute atomic E-state index is 14.4. The fourth-order valence-electron chi connectivity index (χ4n) is 2.61. The quantitative estimate of drug-likeness (QED) is 0.643. The van der Waals surface area contributed by atoms with Gasteiger partial charge in [-0.1, -0.05) is 0 Å². The van der Waals surface area contributed by atoms with E-state index in [2.05, 4.69) is 5.32 Å². The molecule has 6 heteroatoms. The van der Waals surface area contributed by atoms with Crippen molar-refractivity contribution in [3.8, 4) is 0 Å². The van der Waals surface area contributed by atoms with E-state index < -0.39 is 23.6 Å². The molecule has 0 bridgehead atoms. The molecule has 24 heavy (non-hydrogen) atoms. The molecule has 0 aliphatic carbocycles. The van der Waals surface area contributed by atoms with Crippen molar-refractivity contribution in [2.45, 2.75) is 26.8 Å². The molecule has 0 heterocycles. The van der Waals surface area contributed by atoms with E-state index >= 15 is 0 Å². The molecule has 3 N–H and O–H groups in total. The lowest BCUT2D eigenvalue weighted by Gasteiger charge is -2.21. The summed E-state index contributed by atoms with van der Waals surface area (Å²) in [4.78, 5) is 12.3. The molecular formula is C18H20F2N2O2. The summed E-state index contributed by atoms with van der Waals surface area (Å²) in [5.74, 6) is -1.72. The molecule has 0 spiro atoms. The van der Waals surface area contributed by atoms with Gasteiger partial charge in [-0.15, -0.1) is 0 Å². The van der Waals surface area contributed by atoms with Crippen molar-refractivity contribution in [2.75, 3.05) is 17.7 Å². The third kappa shape index (κ3) is 4.01. The Morgan fingerprint density at radius 3 is 2.50 bits per heavy atom.